The van der Waals surface area contributed by atoms with E-state index in [0.717, 1.165) is 18.2 Å². The highest BCUT2D eigenvalue weighted by molar-refractivity contribution is 5.74. The largest absolute Gasteiger partial charge is 0.479 e. The van der Waals surface area contributed by atoms with Gasteiger partial charge in [0.1, 0.15) is 5.82 Å². The third-order valence-electron chi connectivity index (χ3n) is 1.53. The van der Waals surface area contributed by atoms with E-state index < -0.39 is 18.0 Å². The van der Waals surface area contributed by atoms with Crippen molar-refractivity contribution in [2.75, 3.05) is 5.73 Å². The highest BCUT2D eigenvalue weighted by Gasteiger charge is 2.18. The Bertz CT molecular complexity index is 341. The molecule has 5 heteroatoms. The molecule has 0 aliphatic rings. The summed E-state index contributed by atoms with van der Waals surface area (Å²) in [5.74, 6) is -2.31. The highest BCUT2D eigenvalue weighted by atomic mass is 19.1. The fraction of sp³-hybridized carbons (Fsp3) is 0.125. The zero-order valence-electron chi connectivity index (χ0n) is 6.50. The molecule has 0 spiro atoms. The van der Waals surface area contributed by atoms with E-state index in [1.54, 1.807) is 0 Å². The smallest absolute Gasteiger partial charge is 0.343 e. The van der Waals surface area contributed by atoms with Gasteiger partial charge in [0.15, 0.2) is 0 Å². The zero-order chi connectivity index (χ0) is 10.0. The van der Waals surface area contributed by atoms with E-state index in [0.29, 0.717) is 0 Å². The molecule has 1 rings (SSSR count). The molecule has 70 valence electrons. The van der Waals surface area contributed by atoms with E-state index >= 15 is 0 Å². The maximum absolute atomic E-state index is 12.8. The van der Waals surface area contributed by atoms with E-state index in [1.807, 2.05) is 0 Å². The summed E-state index contributed by atoms with van der Waals surface area (Å²) in [5.41, 5.74) is 4.70. The molecule has 0 heterocycles. The van der Waals surface area contributed by atoms with Gasteiger partial charge in [0.05, 0.1) is 5.69 Å². The first-order valence-electron chi connectivity index (χ1n) is 3.44. The fourth-order valence-corrected chi connectivity index (χ4v) is 0.862. The zero-order valence-corrected chi connectivity index (χ0v) is 6.50. The van der Waals surface area contributed by atoms with Gasteiger partial charge >= 0.3 is 5.97 Å². The number of aliphatic carboxylic acids is 1. The van der Waals surface area contributed by atoms with Crippen LogP contribution in [0.25, 0.3) is 0 Å². The van der Waals surface area contributed by atoms with Gasteiger partial charge in [-0.15, -0.1) is 0 Å². The Balaban J connectivity index is 3.03. The summed E-state index contributed by atoms with van der Waals surface area (Å²) < 4.78 is 25.4. The summed E-state index contributed by atoms with van der Waals surface area (Å²) in [6.45, 7) is 0. The minimum atomic E-state index is -2.16. The van der Waals surface area contributed by atoms with Gasteiger partial charge in [-0.2, -0.15) is 0 Å². The molecule has 1 aromatic rings. The molecule has 13 heavy (non-hydrogen) atoms. The van der Waals surface area contributed by atoms with Crippen LogP contribution >= 0.6 is 0 Å². The average molecular weight is 187 g/mol. The van der Waals surface area contributed by atoms with Crippen molar-refractivity contribution in [1.82, 2.24) is 0 Å². The minimum absolute atomic E-state index is 0.161. The third kappa shape index (κ3) is 1.93. The average Bonchev–Trinajstić information content (AvgIpc) is 2.08. The van der Waals surface area contributed by atoms with Crippen molar-refractivity contribution in [2.24, 2.45) is 0 Å². The third-order valence-corrected chi connectivity index (χ3v) is 1.53. The van der Waals surface area contributed by atoms with Gasteiger partial charge in [-0.1, -0.05) is 6.07 Å². The molecule has 3 nitrogen and oxygen atoms in total. The molecule has 1 atom stereocenters. The number of halogens is 2. The standard InChI is InChI=1S/C8H7F2NO2/c9-5-2-1-4(3-6(5)11)7(10)8(12)13/h1-3,7H,11H2,(H,12,13). The first kappa shape index (κ1) is 9.44. The summed E-state index contributed by atoms with van der Waals surface area (Å²) in [5, 5.41) is 8.29. The normalized spacial score (nSPS) is 12.5. The Hall–Kier alpha value is -1.65. The van der Waals surface area contributed by atoms with Gasteiger partial charge in [-0.3, -0.25) is 0 Å². The van der Waals surface area contributed by atoms with Gasteiger partial charge in [0, 0.05) is 0 Å². The van der Waals surface area contributed by atoms with Gasteiger partial charge < -0.3 is 10.8 Å². The molecule has 0 bridgehead atoms. The second-order valence-corrected chi connectivity index (χ2v) is 2.48. The molecule has 0 aliphatic carbocycles. The Morgan fingerprint density at radius 2 is 2.15 bits per heavy atom. The second-order valence-electron chi connectivity index (χ2n) is 2.48. The lowest BCUT2D eigenvalue weighted by atomic mass is 10.1. The molecule has 0 fully saturated rings. The van der Waals surface area contributed by atoms with E-state index in [9.17, 15) is 13.6 Å². The van der Waals surface area contributed by atoms with Crippen LogP contribution in [0, 0.1) is 5.82 Å². The van der Waals surface area contributed by atoms with Crippen LogP contribution in [0.5, 0.6) is 0 Å². The maximum Gasteiger partial charge on any atom is 0.343 e. The highest BCUT2D eigenvalue weighted by Crippen LogP contribution is 2.21. The number of nitrogen functional groups attached to an aromatic ring is 1. The quantitative estimate of drug-likeness (QED) is 0.689. The summed E-state index contributed by atoms with van der Waals surface area (Å²) in [6, 6.07) is 2.94. The number of hydrogen-bond donors (Lipinski definition) is 2. The van der Waals surface area contributed by atoms with Crippen molar-refractivity contribution in [3.63, 3.8) is 0 Å². The van der Waals surface area contributed by atoms with Crippen molar-refractivity contribution < 1.29 is 18.7 Å². The molecule has 0 aromatic heterocycles. The Kier molecular flexibility index (Phi) is 2.46. The minimum Gasteiger partial charge on any atom is -0.479 e. The lowest BCUT2D eigenvalue weighted by molar-refractivity contribution is -0.143. The number of alkyl halides is 1. The summed E-state index contributed by atoms with van der Waals surface area (Å²) in [4.78, 5) is 10.2. The van der Waals surface area contributed by atoms with Crippen LogP contribution in [0.4, 0.5) is 14.5 Å². The van der Waals surface area contributed by atoms with Gasteiger partial charge in [0.25, 0.3) is 0 Å². The van der Waals surface area contributed by atoms with Crippen molar-refractivity contribution >= 4 is 11.7 Å². The van der Waals surface area contributed by atoms with E-state index in [1.165, 1.54) is 0 Å². The molecule has 0 saturated heterocycles. The molecule has 1 aromatic carbocycles. The molecule has 0 aliphatic heterocycles. The second kappa shape index (κ2) is 3.38. The van der Waals surface area contributed by atoms with Crippen LogP contribution in [-0.4, -0.2) is 11.1 Å². The van der Waals surface area contributed by atoms with Crippen LogP contribution in [0.2, 0.25) is 0 Å². The number of anilines is 1. The predicted molar refractivity (Wildman–Crippen MR) is 42.3 cm³/mol. The van der Waals surface area contributed by atoms with Crippen LogP contribution in [0.15, 0.2) is 18.2 Å². The number of rotatable bonds is 2. The van der Waals surface area contributed by atoms with Crippen LogP contribution in [-0.2, 0) is 4.79 Å². The van der Waals surface area contributed by atoms with E-state index in [-0.39, 0.29) is 11.3 Å². The van der Waals surface area contributed by atoms with Crippen molar-refractivity contribution in [1.29, 1.82) is 0 Å². The number of benzene rings is 1. The van der Waals surface area contributed by atoms with E-state index in [4.69, 9.17) is 10.8 Å². The Morgan fingerprint density at radius 1 is 1.54 bits per heavy atom. The number of carboxylic acid groups (broad SMARTS) is 1. The fourth-order valence-electron chi connectivity index (χ4n) is 0.862. The lowest BCUT2D eigenvalue weighted by Gasteiger charge is -2.04. The Morgan fingerprint density at radius 3 is 2.62 bits per heavy atom. The van der Waals surface area contributed by atoms with Crippen LogP contribution in [0.1, 0.15) is 11.7 Å². The van der Waals surface area contributed by atoms with Crippen molar-refractivity contribution in [2.45, 2.75) is 6.17 Å². The van der Waals surface area contributed by atoms with Crippen molar-refractivity contribution in [3.8, 4) is 0 Å². The first-order valence-corrected chi connectivity index (χ1v) is 3.44. The summed E-state index contributed by atoms with van der Waals surface area (Å²) in [7, 11) is 0. The predicted octanol–water partition coefficient (Wildman–Crippen LogP) is 1.50. The SMILES string of the molecule is Nc1cc(C(F)C(=O)O)ccc1F. The number of carbonyl (C=O) groups is 1. The summed E-state index contributed by atoms with van der Waals surface area (Å²) >= 11 is 0. The molecule has 0 amide bonds. The monoisotopic (exact) mass is 187 g/mol. The molecular formula is C8H7F2NO2. The Labute approximate surface area is 72.8 Å². The van der Waals surface area contributed by atoms with Gasteiger partial charge in [0.2, 0.25) is 6.17 Å². The molecular weight excluding hydrogens is 180 g/mol. The molecule has 0 radical (unpaired) electrons. The number of hydrogen-bond acceptors (Lipinski definition) is 2. The van der Waals surface area contributed by atoms with Crippen LogP contribution < -0.4 is 5.73 Å². The molecule has 3 N–H and O–H groups in total. The van der Waals surface area contributed by atoms with Gasteiger partial charge in [-0.25, -0.2) is 13.6 Å². The van der Waals surface area contributed by atoms with Crippen LogP contribution in [0.3, 0.4) is 0 Å². The maximum atomic E-state index is 12.8. The molecule has 0 saturated carbocycles. The van der Waals surface area contributed by atoms with Crippen molar-refractivity contribution in [3.05, 3.63) is 29.6 Å². The van der Waals surface area contributed by atoms with Gasteiger partial charge in [-0.05, 0) is 17.7 Å². The summed E-state index contributed by atoms with van der Waals surface area (Å²) in [6.07, 6.45) is -2.16. The lowest BCUT2D eigenvalue weighted by Crippen LogP contribution is -2.06. The molecule has 1 unspecified atom stereocenters. The topological polar surface area (TPSA) is 63.3 Å². The first-order chi connectivity index (χ1) is 6.02. The van der Waals surface area contributed by atoms with E-state index in [2.05, 4.69) is 0 Å². The number of carboxylic acids is 1. The number of nitrogens with two attached hydrogens (primary N) is 1.